The number of carbonyl (C=O) groups excluding carboxylic acids is 1. The van der Waals surface area contributed by atoms with Gasteiger partial charge in [0.25, 0.3) is 5.91 Å². The average molecular weight is 503 g/mol. The Hall–Kier alpha value is -3.14. The van der Waals surface area contributed by atoms with Crippen LogP contribution in [-0.4, -0.2) is 29.3 Å². The third kappa shape index (κ3) is 3.92. The SMILES string of the molecule is Cc1onc(-c2ccccc2Cl)c1C(=O)Nc1c2c(nn1-c1ccc(Cl)cc1)CS(=O)(=O)C2. The van der Waals surface area contributed by atoms with Crippen molar-refractivity contribution in [2.75, 3.05) is 5.32 Å². The van der Waals surface area contributed by atoms with Crippen molar-refractivity contribution in [2.24, 2.45) is 0 Å². The second-order valence-electron chi connectivity index (χ2n) is 7.59. The summed E-state index contributed by atoms with van der Waals surface area (Å²) >= 11 is 12.3. The number of hydrogen-bond acceptors (Lipinski definition) is 6. The Morgan fingerprint density at radius 2 is 1.82 bits per heavy atom. The van der Waals surface area contributed by atoms with Gasteiger partial charge >= 0.3 is 0 Å². The van der Waals surface area contributed by atoms with Gasteiger partial charge in [-0.25, -0.2) is 13.1 Å². The van der Waals surface area contributed by atoms with E-state index in [2.05, 4.69) is 15.6 Å². The van der Waals surface area contributed by atoms with Gasteiger partial charge in [0.2, 0.25) is 0 Å². The van der Waals surface area contributed by atoms with Gasteiger partial charge < -0.3 is 9.84 Å². The fourth-order valence-electron chi connectivity index (χ4n) is 3.79. The van der Waals surface area contributed by atoms with E-state index in [-0.39, 0.29) is 28.6 Å². The normalized spacial score (nSPS) is 14.3. The van der Waals surface area contributed by atoms with Crippen LogP contribution in [0, 0.1) is 6.92 Å². The molecule has 1 amide bonds. The van der Waals surface area contributed by atoms with Crippen LogP contribution in [0.4, 0.5) is 5.82 Å². The lowest BCUT2D eigenvalue weighted by Gasteiger charge is -2.12. The summed E-state index contributed by atoms with van der Waals surface area (Å²) < 4.78 is 31.2. The molecular weight excluding hydrogens is 487 g/mol. The summed E-state index contributed by atoms with van der Waals surface area (Å²) in [4.78, 5) is 13.4. The molecule has 0 atom stereocenters. The van der Waals surface area contributed by atoms with Crippen LogP contribution in [0.3, 0.4) is 0 Å². The first-order valence-corrected chi connectivity index (χ1v) is 12.4. The lowest BCUT2D eigenvalue weighted by atomic mass is 10.1. The molecule has 0 unspecified atom stereocenters. The molecule has 0 radical (unpaired) electrons. The second kappa shape index (κ2) is 8.02. The summed E-state index contributed by atoms with van der Waals surface area (Å²) in [6, 6.07) is 13.8. The zero-order valence-corrected chi connectivity index (χ0v) is 19.5. The van der Waals surface area contributed by atoms with Crippen LogP contribution < -0.4 is 5.32 Å². The largest absolute Gasteiger partial charge is 0.360 e. The quantitative estimate of drug-likeness (QED) is 0.428. The number of carbonyl (C=O) groups is 1. The molecule has 11 heteroatoms. The van der Waals surface area contributed by atoms with Gasteiger partial charge in [0, 0.05) is 16.1 Å². The van der Waals surface area contributed by atoms with Crippen LogP contribution >= 0.6 is 23.2 Å². The number of aryl methyl sites for hydroxylation is 1. The molecule has 4 aromatic rings. The van der Waals surface area contributed by atoms with Gasteiger partial charge in [0.1, 0.15) is 22.8 Å². The first kappa shape index (κ1) is 21.7. The maximum Gasteiger partial charge on any atom is 0.262 e. The summed E-state index contributed by atoms with van der Waals surface area (Å²) in [5.74, 6) is -0.367. The van der Waals surface area contributed by atoms with Crippen LogP contribution in [0.1, 0.15) is 27.4 Å². The number of rotatable bonds is 4. The summed E-state index contributed by atoms with van der Waals surface area (Å²) in [6.07, 6.45) is 0. The molecule has 1 aliphatic rings. The molecular formula is C22H16Cl2N4O4S. The molecule has 1 aliphatic heterocycles. The summed E-state index contributed by atoms with van der Waals surface area (Å²) in [5.41, 5.74) is 2.49. The van der Waals surface area contributed by atoms with Gasteiger partial charge in [-0.15, -0.1) is 0 Å². The highest BCUT2D eigenvalue weighted by atomic mass is 35.5. The number of fused-ring (bicyclic) bond motifs is 1. The lowest BCUT2D eigenvalue weighted by Crippen LogP contribution is -2.18. The van der Waals surface area contributed by atoms with Crippen LogP contribution in [0.25, 0.3) is 16.9 Å². The van der Waals surface area contributed by atoms with Gasteiger partial charge in [-0.3, -0.25) is 4.79 Å². The highest BCUT2D eigenvalue weighted by Gasteiger charge is 2.34. The Bertz CT molecular complexity index is 1510. The van der Waals surface area contributed by atoms with Crippen molar-refractivity contribution in [3.63, 3.8) is 0 Å². The van der Waals surface area contributed by atoms with E-state index in [0.717, 1.165) is 0 Å². The van der Waals surface area contributed by atoms with Crippen molar-refractivity contribution in [1.82, 2.24) is 14.9 Å². The van der Waals surface area contributed by atoms with E-state index >= 15 is 0 Å². The van der Waals surface area contributed by atoms with Crippen LogP contribution in [-0.2, 0) is 21.3 Å². The maximum absolute atomic E-state index is 13.4. The fourth-order valence-corrected chi connectivity index (χ4v) is 5.63. The van der Waals surface area contributed by atoms with Gasteiger partial charge in [-0.05, 0) is 37.3 Å². The number of amides is 1. The third-order valence-electron chi connectivity index (χ3n) is 5.31. The van der Waals surface area contributed by atoms with E-state index in [1.807, 2.05) is 0 Å². The standard InChI is InChI=1S/C22H16Cl2N4O4S/c1-12-19(20(27-32-12)15-4-2-3-5-17(15)24)22(29)25-21-16-10-33(30,31)11-18(16)26-28(21)14-8-6-13(23)7-9-14/h2-9H,10-11H2,1H3,(H,25,29). The Morgan fingerprint density at radius 3 is 2.55 bits per heavy atom. The molecule has 3 heterocycles. The Morgan fingerprint density at radius 1 is 1.09 bits per heavy atom. The molecule has 33 heavy (non-hydrogen) atoms. The van der Waals surface area contributed by atoms with Crippen molar-refractivity contribution in [2.45, 2.75) is 18.4 Å². The number of nitrogens with one attached hydrogen (secondary N) is 1. The van der Waals surface area contributed by atoms with E-state index in [1.165, 1.54) is 4.68 Å². The molecule has 0 spiro atoms. The van der Waals surface area contributed by atoms with Gasteiger partial charge in [0.05, 0.1) is 27.9 Å². The molecule has 2 aromatic heterocycles. The van der Waals surface area contributed by atoms with Crippen molar-refractivity contribution < 1.29 is 17.7 Å². The van der Waals surface area contributed by atoms with Crippen LogP contribution in [0.5, 0.6) is 0 Å². The predicted octanol–water partition coefficient (Wildman–Crippen LogP) is 4.82. The fraction of sp³-hybridized carbons (Fsp3) is 0.136. The number of anilines is 1. The summed E-state index contributed by atoms with van der Waals surface area (Å²) in [7, 11) is -3.34. The summed E-state index contributed by atoms with van der Waals surface area (Å²) in [6.45, 7) is 1.62. The average Bonchev–Trinajstić information content (AvgIpc) is 3.39. The van der Waals surface area contributed by atoms with E-state index in [1.54, 1.807) is 55.5 Å². The molecule has 168 valence electrons. The second-order valence-corrected chi connectivity index (χ2v) is 10.5. The Labute approximate surface area is 199 Å². The monoisotopic (exact) mass is 502 g/mol. The van der Waals surface area contributed by atoms with E-state index in [0.29, 0.717) is 38.3 Å². The number of sulfone groups is 1. The molecule has 2 aromatic carbocycles. The molecule has 0 saturated carbocycles. The number of aromatic nitrogens is 3. The molecule has 0 aliphatic carbocycles. The predicted molar refractivity (Wildman–Crippen MR) is 125 cm³/mol. The van der Waals surface area contributed by atoms with Crippen molar-refractivity contribution in [3.8, 4) is 16.9 Å². The summed E-state index contributed by atoms with van der Waals surface area (Å²) in [5, 5.41) is 12.3. The van der Waals surface area contributed by atoms with E-state index in [9.17, 15) is 13.2 Å². The number of benzene rings is 2. The van der Waals surface area contributed by atoms with Crippen LogP contribution in [0.15, 0.2) is 53.1 Å². The van der Waals surface area contributed by atoms with E-state index in [4.69, 9.17) is 27.7 Å². The molecule has 5 rings (SSSR count). The minimum absolute atomic E-state index is 0.192. The molecule has 0 saturated heterocycles. The maximum atomic E-state index is 13.4. The van der Waals surface area contributed by atoms with E-state index < -0.39 is 15.7 Å². The smallest absolute Gasteiger partial charge is 0.262 e. The minimum atomic E-state index is -3.34. The Kier molecular flexibility index (Phi) is 5.27. The third-order valence-corrected chi connectivity index (χ3v) is 7.33. The zero-order valence-electron chi connectivity index (χ0n) is 17.2. The molecule has 1 N–H and O–H groups in total. The van der Waals surface area contributed by atoms with Gasteiger partial charge in [0.15, 0.2) is 9.84 Å². The molecule has 0 bridgehead atoms. The molecule has 8 nitrogen and oxygen atoms in total. The first-order chi connectivity index (χ1) is 15.7. The number of nitrogens with zero attached hydrogens (tertiary/aromatic N) is 3. The zero-order chi connectivity index (χ0) is 23.3. The van der Waals surface area contributed by atoms with Crippen molar-refractivity contribution in [3.05, 3.63) is 81.2 Å². The topological polar surface area (TPSA) is 107 Å². The minimum Gasteiger partial charge on any atom is -0.360 e. The van der Waals surface area contributed by atoms with Crippen LogP contribution in [0.2, 0.25) is 10.0 Å². The Balaban J connectivity index is 1.60. The molecule has 0 fully saturated rings. The van der Waals surface area contributed by atoms with Gasteiger partial charge in [-0.1, -0.05) is 46.6 Å². The highest BCUT2D eigenvalue weighted by molar-refractivity contribution is 7.90. The van der Waals surface area contributed by atoms with Gasteiger partial charge in [-0.2, -0.15) is 5.10 Å². The lowest BCUT2D eigenvalue weighted by molar-refractivity contribution is 0.102. The van der Waals surface area contributed by atoms with Crippen molar-refractivity contribution >= 4 is 44.8 Å². The first-order valence-electron chi connectivity index (χ1n) is 9.83. The van der Waals surface area contributed by atoms with Crippen molar-refractivity contribution in [1.29, 1.82) is 0 Å². The highest BCUT2D eigenvalue weighted by Crippen LogP contribution is 2.35. The number of hydrogen-bond donors (Lipinski definition) is 1. The number of halogens is 2.